The van der Waals surface area contributed by atoms with Crippen molar-refractivity contribution < 1.29 is 23.5 Å². The van der Waals surface area contributed by atoms with E-state index >= 15 is 0 Å². The lowest BCUT2D eigenvalue weighted by atomic mass is 10.0. The van der Waals surface area contributed by atoms with E-state index in [4.69, 9.17) is 9.47 Å². The number of hydrogen-bond donors (Lipinski definition) is 0. The number of carbonyl (C=O) groups is 2. The maximum absolute atomic E-state index is 13.5. The van der Waals surface area contributed by atoms with Crippen LogP contribution in [0.2, 0.25) is 0 Å². The number of halogens is 1. The summed E-state index contributed by atoms with van der Waals surface area (Å²) in [5, 5.41) is 0. The molecule has 2 aliphatic heterocycles. The van der Waals surface area contributed by atoms with Crippen molar-refractivity contribution in [3.8, 4) is 11.5 Å². The Labute approximate surface area is 193 Å². The Hall–Kier alpha value is -3.39. The summed E-state index contributed by atoms with van der Waals surface area (Å²) in [4.78, 5) is 32.4. The van der Waals surface area contributed by atoms with E-state index in [9.17, 15) is 14.0 Å². The summed E-state index contributed by atoms with van der Waals surface area (Å²) in [7, 11) is 5.17. The Morgan fingerprint density at radius 2 is 1.55 bits per heavy atom. The van der Waals surface area contributed by atoms with Gasteiger partial charge in [0.25, 0.3) is 11.8 Å². The third-order valence-corrected chi connectivity index (χ3v) is 6.17. The molecule has 2 heterocycles. The van der Waals surface area contributed by atoms with Gasteiger partial charge in [-0.25, -0.2) is 4.39 Å². The van der Waals surface area contributed by atoms with Crippen LogP contribution in [0, 0.1) is 5.82 Å². The Balaban J connectivity index is 1.61. The summed E-state index contributed by atoms with van der Waals surface area (Å²) in [5.74, 6) is 0.178. The molecule has 4 rings (SSSR count). The smallest absolute Gasteiger partial charge is 0.277 e. The summed E-state index contributed by atoms with van der Waals surface area (Å²) >= 11 is 0. The van der Waals surface area contributed by atoms with Crippen LogP contribution in [-0.2, 0) is 16.0 Å². The number of likely N-dealkylation sites (N-methyl/N-ethyl adjacent to an activating group) is 1. The third kappa shape index (κ3) is 4.57. The van der Waals surface area contributed by atoms with Gasteiger partial charge in [0, 0.05) is 32.7 Å². The molecule has 7 nitrogen and oxygen atoms in total. The summed E-state index contributed by atoms with van der Waals surface area (Å²) in [6.45, 7) is 3.13. The molecule has 0 N–H and O–H groups in total. The van der Waals surface area contributed by atoms with Gasteiger partial charge < -0.3 is 19.3 Å². The zero-order chi connectivity index (χ0) is 23.5. The number of methoxy groups -OCH3 is 2. The van der Waals surface area contributed by atoms with Gasteiger partial charge in [-0.05, 0) is 48.9 Å². The summed E-state index contributed by atoms with van der Waals surface area (Å²) < 4.78 is 24.2. The van der Waals surface area contributed by atoms with Crippen LogP contribution in [0.3, 0.4) is 0 Å². The molecular formula is C25H28FN3O4. The molecule has 0 aliphatic carbocycles. The summed E-state index contributed by atoms with van der Waals surface area (Å²) in [6, 6.07) is 11.3. The number of imide groups is 1. The number of ether oxygens (including phenoxy) is 2. The van der Waals surface area contributed by atoms with E-state index in [-0.39, 0.29) is 24.2 Å². The van der Waals surface area contributed by atoms with E-state index in [1.807, 2.05) is 24.1 Å². The first-order valence-corrected chi connectivity index (χ1v) is 10.9. The lowest BCUT2D eigenvalue weighted by Gasteiger charge is -2.34. The zero-order valence-corrected chi connectivity index (χ0v) is 19.1. The Morgan fingerprint density at radius 3 is 2.18 bits per heavy atom. The van der Waals surface area contributed by atoms with Crippen LogP contribution in [0.4, 0.5) is 4.39 Å². The normalized spacial score (nSPS) is 17.2. The molecule has 1 saturated heterocycles. The highest BCUT2D eigenvalue weighted by Crippen LogP contribution is 2.33. The number of benzene rings is 2. The van der Waals surface area contributed by atoms with E-state index in [2.05, 4.69) is 4.90 Å². The molecule has 0 radical (unpaired) electrons. The van der Waals surface area contributed by atoms with Crippen molar-refractivity contribution in [3.05, 3.63) is 65.1 Å². The lowest BCUT2D eigenvalue weighted by Crippen LogP contribution is -2.46. The van der Waals surface area contributed by atoms with E-state index in [0.717, 1.165) is 18.7 Å². The fourth-order valence-electron chi connectivity index (χ4n) is 4.24. The molecule has 2 aromatic rings. The van der Waals surface area contributed by atoms with Gasteiger partial charge in [0.1, 0.15) is 11.5 Å². The van der Waals surface area contributed by atoms with Gasteiger partial charge in [0.05, 0.1) is 19.8 Å². The van der Waals surface area contributed by atoms with Crippen molar-refractivity contribution >= 4 is 17.4 Å². The monoisotopic (exact) mass is 453 g/mol. The number of piperazine rings is 1. The Kier molecular flexibility index (Phi) is 6.65. The SMILES string of the molecule is COc1ccc(CCN2C(=O)C(c3ccc(F)cc3)=C(N3CCN(C)CC3)C2=O)cc1OC. The Morgan fingerprint density at radius 1 is 0.879 bits per heavy atom. The molecule has 0 saturated carbocycles. The maximum Gasteiger partial charge on any atom is 0.277 e. The van der Waals surface area contributed by atoms with E-state index in [0.29, 0.717) is 47.8 Å². The fraction of sp³-hybridized carbons (Fsp3) is 0.360. The molecule has 33 heavy (non-hydrogen) atoms. The van der Waals surface area contributed by atoms with Crippen LogP contribution < -0.4 is 9.47 Å². The average molecular weight is 454 g/mol. The number of rotatable bonds is 7. The van der Waals surface area contributed by atoms with Crippen LogP contribution in [0.15, 0.2) is 48.2 Å². The molecule has 2 aromatic carbocycles. The molecule has 2 aliphatic rings. The molecular weight excluding hydrogens is 425 g/mol. The second kappa shape index (κ2) is 9.62. The largest absolute Gasteiger partial charge is 0.493 e. The van der Waals surface area contributed by atoms with Gasteiger partial charge in [-0.2, -0.15) is 0 Å². The van der Waals surface area contributed by atoms with Gasteiger partial charge in [0.2, 0.25) is 0 Å². The lowest BCUT2D eigenvalue weighted by molar-refractivity contribution is -0.137. The van der Waals surface area contributed by atoms with Crippen molar-refractivity contribution in [1.82, 2.24) is 14.7 Å². The first-order valence-electron chi connectivity index (χ1n) is 10.9. The van der Waals surface area contributed by atoms with Crippen molar-refractivity contribution in [3.63, 3.8) is 0 Å². The molecule has 0 atom stereocenters. The molecule has 0 spiro atoms. The van der Waals surface area contributed by atoms with Gasteiger partial charge in [0.15, 0.2) is 11.5 Å². The van der Waals surface area contributed by atoms with Crippen LogP contribution in [0.5, 0.6) is 11.5 Å². The molecule has 0 bridgehead atoms. The quantitative estimate of drug-likeness (QED) is 0.600. The first-order chi connectivity index (χ1) is 15.9. The predicted molar refractivity (Wildman–Crippen MR) is 122 cm³/mol. The van der Waals surface area contributed by atoms with Crippen LogP contribution in [0.1, 0.15) is 11.1 Å². The number of hydrogen-bond acceptors (Lipinski definition) is 6. The highest BCUT2D eigenvalue weighted by Gasteiger charge is 2.41. The first kappa shape index (κ1) is 22.8. The van der Waals surface area contributed by atoms with Gasteiger partial charge in [-0.3, -0.25) is 14.5 Å². The van der Waals surface area contributed by atoms with Crippen LogP contribution in [-0.4, -0.2) is 80.5 Å². The average Bonchev–Trinajstić information content (AvgIpc) is 3.08. The molecule has 0 unspecified atom stereocenters. The summed E-state index contributed by atoms with van der Waals surface area (Å²) in [5.41, 5.74) is 2.23. The van der Waals surface area contributed by atoms with Gasteiger partial charge in [-0.15, -0.1) is 0 Å². The molecule has 2 amide bonds. The van der Waals surface area contributed by atoms with Crippen molar-refractivity contribution in [2.45, 2.75) is 6.42 Å². The number of nitrogens with zero attached hydrogens (tertiary/aromatic N) is 3. The maximum atomic E-state index is 13.5. The number of amides is 2. The molecule has 1 fully saturated rings. The number of carbonyl (C=O) groups excluding carboxylic acids is 2. The van der Waals surface area contributed by atoms with Crippen molar-refractivity contribution in [1.29, 1.82) is 0 Å². The van der Waals surface area contributed by atoms with E-state index in [1.54, 1.807) is 32.4 Å². The minimum absolute atomic E-state index is 0.231. The van der Waals surface area contributed by atoms with Crippen LogP contribution in [0.25, 0.3) is 5.57 Å². The molecule has 0 aromatic heterocycles. The zero-order valence-electron chi connectivity index (χ0n) is 19.1. The highest BCUT2D eigenvalue weighted by molar-refractivity contribution is 6.35. The van der Waals surface area contributed by atoms with E-state index < -0.39 is 0 Å². The van der Waals surface area contributed by atoms with Gasteiger partial charge >= 0.3 is 0 Å². The highest BCUT2D eigenvalue weighted by atomic mass is 19.1. The van der Waals surface area contributed by atoms with Crippen LogP contribution >= 0.6 is 0 Å². The van der Waals surface area contributed by atoms with Crippen molar-refractivity contribution in [2.75, 3.05) is 54.0 Å². The second-order valence-electron chi connectivity index (χ2n) is 8.22. The minimum Gasteiger partial charge on any atom is -0.493 e. The third-order valence-electron chi connectivity index (χ3n) is 6.17. The fourth-order valence-corrected chi connectivity index (χ4v) is 4.24. The standard InChI is InChI=1S/C25H28FN3O4/c1-27-12-14-28(15-13-27)23-22(18-5-7-19(26)8-6-18)24(30)29(25(23)31)11-10-17-4-9-20(32-2)21(16-17)33-3/h4-9,16H,10-15H2,1-3H3. The minimum atomic E-state index is -0.387. The topological polar surface area (TPSA) is 62.3 Å². The second-order valence-corrected chi connectivity index (χ2v) is 8.22. The van der Waals surface area contributed by atoms with Gasteiger partial charge in [-0.1, -0.05) is 18.2 Å². The van der Waals surface area contributed by atoms with Crippen molar-refractivity contribution in [2.24, 2.45) is 0 Å². The molecule has 8 heteroatoms. The molecule has 174 valence electrons. The predicted octanol–water partition coefficient (Wildman–Crippen LogP) is 2.41. The van der Waals surface area contributed by atoms with E-state index in [1.165, 1.54) is 17.0 Å². The summed E-state index contributed by atoms with van der Waals surface area (Å²) in [6.07, 6.45) is 0.477. The Bertz CT molecular complexity index is 1080.